The van der Waals surface area contributed by atoms with Gasteiger partial charge in [0.25, 0.3) is 0 Å². The Morgan fingerprint density at radius 3 is 2.76 bits per heavy atom. The van der Waals surface area contributed by atoms with Crippen molar-refractivity contribution < 1.29 is 19.0 Å². The fourth-order valence-electron chi connectivity index (χ4n) is 3.69. The Morgan fingerprint density at radius 1 is 1.28 bits per heavy atom. The lowest BCUT2D eigenvalue weighted by Gasteiger charge is -2.22. The number of hydrogen-bond donors (Lipinski definition) is 0. The van der Waals surface area contributed by atoms with E-state index in [1.807, 2.05) is 47.5 Å². The van der Waals surface area contributed by atoms with Crippen molar-refractivity contribution in [1.29, 1.82) is 0 Å². The second-order valence-electron chi connectivity index (χ2n) is 7.12. The molecular weight excluding hydrogens is 388 g/mol. The fraction of sp³-hybridized carbons (Fsp3) is 0.364. The Bertz CT molecular complexity index is 1040. The Morgan fingerprint density at radius 2 is 2.10 bits per heavy atom. The first-order valence-corrected chi connectivity index (χ1v) is 10.7. The van der Waals surface area contributed by atoms with Gasteiger partial charge in [0.05, 0.1) is 31.2 Å². The molecule has 29 heavy (non-hydrogen) atoms. The molecule has 152 valence electrons. The van der Waals surface area contributed by atoms with Gasteiger partial charge in [-0.25, -0.2) is 9.48 Å². The zero-order valence-electron chi connectivity index (χ0n) is 17.0. The number of hydrogen-bond acceptors (Lipinski definition) is 6. The van der Waals surface area contributed by atoms with Gasteiger partial charge < -0.3 is 14.2 Å². The van der Waals surface area contributed by atoms with Gasteiger partial charge in [-0.05, 0) is 62.8 Å². The summed E-state index contributed by atoms with van der Waals surface area (Å²) in [7, 11) is 1.65. The molecule has 0 aliphatic heterocycles. The maximum atomic E-state index is 12.6. The van der Waals surface area contributed by atoms with E-state index < -0.39 is 0 Å². The number of carbonyl (C=O) groups is 1. The second-order valence-corrected chi connectivity index (χ2v) is 7.90. The highest BCUT2D eigenvalue weighted by molar-refractivity contribution is 7.08. The molecule has 0 fully saturated rings. The minimum atomic E-state index is -0.381. The van der Waals surface area contributed by atoms with Gasteiger partial charge in [-0.2, -0.15) is 16.4 Å². The van der Waals surface area contributed by atoms with Crippen molar-refractivity contribution in [1.82, 2.24) is 9.78 Å². The molecule has 1 aromatic carbocycles. The van der Waals surface area contributed by atoms with E-state index in [0.29, 0.717) is 30.2 Å². The average Bonchev–Trinajstić information content (AvgIpc) is 3.35. The van der Waals surface area contributed by atoms with Gasteiger partial charge in [-0.3, -0.25) is 0 Å². The number of ether oxygens (including phenoxy) is 3. The van der Waals surface area contributed by atoms with Crippen molar-refractivity contribution in [2.24, 2.45) is 0 Å². The molecule has 0 amide bonds. The van der Waals surface area contributed by atoms with E-state index in [2.05, 4.69) is 5.10 Å². The molecule has 6 nitrogen and oxygen atoms in total. The smallest absolute Gasteiger partial charge is 0.359 e. The van der Waals surface area contributed by atoms with Crippen LogP contribution in [0.25, 0.3) is 16.9 Å². The highest BCUT2D eigenvalue weighted by Crippen LogP contribution is 2.43. The molecule has 3 aromatic rings. The van der Waals surface area contributed by atoms with Crippen molar-refractivity contribution in [3.8, 4) is 28.4 Å². The van der Waals surface area contributed by atoms with Gasteiger partial charge in [0, 0.05) is 16.5 Å². The molecule has 0 N–H and O–H groups in total. The third-order valence-corrected chi connectivity index (χ3v) is 5.53. The number of aryl methyl sites for hydroxylation is 1. The third kappa shape index (κ3) is 3.51. The maximum Gasteiger partial charge on any atom is 0.359 e. The summed E-state index contributed by atoms with van der Waals surface area (Å²) >= 11 is 1.59. The zero-order chi connectivity index (χ0) is 20.5. The molecule has 7 heteroatoms. The number of esters is 1. The van der Waals surface area contributed by atoms with Crippen LogP contribution >= 0.6 is 11.3 Å². The summed E-state index contributed by atoms with van der Waals surface area (Å²) in [5.41, 5.74) is 5.32. The number of nitrogens with zero attached hydrogens (tertiary/aromatic N) is 2. The predicted octanol–water partition coefficient (Wildman–Crippen LogP) is 4.67. The van der Waals surface area contributed by atoms with Crippen molar-refractivity contribution >= 4 is 17.3 Å². The van der Waals surface area contributed by atoms with Crippen LogP contribution in [0.1, 0.15) is 42.4 Å². The molecule has 1 aliphatic rings. The number of fused-ring (bicyclic) bond motifs is 3. The van der Waals surface area contributed by atoms with E-state index in [1.54, 1.807) is 25.4 Å². The van der Waals surface area contributed by atoms with Crippen molar-refractivity contribution in [3.63, 3.8) is 0 Å². The lowest BCUT2D eigenvalue weighted by Crippen LogP contribution is -2.12. The molecule has 0 radical (unpaired) electrons. The Hall–Kier alpha value is -2.80. The summed E-state index contributed by atoms with van der Waals surface area (Å²) in [5, 5.41) is 8.68. The fourth-order valence-corrected chi connectivity index (χ4v) is 4.30. The molecule has 2 aromatic heterocycles. The minimum Gasteiger partial charge on any atom is -0.493 e. The predicted molar refractivity (Wildman–Crippen MR) is 113 cm³/mol. The van der Waals surface area contributed by atoms with Crippen LogP contribution in [0.2, 0.25) is 0 Å². The maximum absolute atomic E-state index is 12.6. The Balaban J connectivity index is 1.94. The monoisotopic (exact) mass is 412 g/mol. The molecule has 0 saturated carbocycles. The van der Waals surface area contributed by atoms with Crippen LogP contribution in [0, 0.1) is 0 Å². The number of thiophene rings is 1. The number of rotatable bonds is 6. The molecule has 0 unspecified atom stereocenters. The van der Waals surface area contributed by atoms with E-state index >= 15 is 0 Å². The van der Waals surface area contributed by atoms with Gasteiger partial charge >= 0.3 is 5.97 Å². The van der Waals surface area contributed by atoms with Crippen LogP contribution in [0.5, 0.6) is 11.5 Å². The lowest BCUT2D eigenvalue weighted by molar-refractivity contribution is 0.0517. The van der Waals surface area contributed by atoms with E-state index in [9.17, 15) is 4.79 Å². The van der Waals surface area contributed by atoms with Crippen LogP contribution in [0.3, 0.4) is 0 Å². The van der Waals surface area contributed by atoms with Gasteiger partial charge in [0.2, 0.25) is 0 Å². The molecule has 0 saturated heterocycles. The first-order valence-electron chi connectivity index (χ1n) is 9.73. The molecule has 0 bridgehead atoms. The van der Waals surface area contributed by atoms with Gasteiger partial charge in [0.15, 0.2) is 17.2 Å². The molecular formula is C22H24N2O4S. The van der Waals surface area contributed by atoms with Crippen LogP contribution in [-0.2, 0) is 17.6 Å². The first-order chi connectivity index (χ1) is 14.0. The summed E-state index contributed by atoms with van der Waals surface area (Å²) in [6.07, 6.45) is 1.53. The number of aromatic nitrogens is 2. The summed E-state index contributed by atoms with van der Waals surface area (Å²) in [6, 6.07) is 6.03. The first kappa shape index (κ1) is 19.5. The topological polar surface area (TPSA) is 62.6 Å². The molecule has 0 atom stereocenters. The highest BCUT2D eigenvalue weighted by Gasteiger charge is 2.31. The van der Waals surface area contributed by atoms with Crippen LogP contribution in [0.4, 0.5) is 0 Å². The zero-order valence-corrected chi connectivity index (χ0v) is 17.8. The SMILES string of the molecule is CCOC(=O)c1nn(-c2ccsc2)c2c1CCc1cc(OC)c(OC(C)C)cc1-2. The van der Waals surface area contributed by atoms with Gasteiger partial charge in [-0.15, -0.1) is 0 Å². The van der Waals surface area contributed by atoms with Gasteiger partial charge in [-0.1, -0.05) is 0 Å². The number of methoxy groups -OCH3 is 1. The average molecular weight is 413 g/mol. The number of benzene rings is 1. The van der Waals surface area contributed by atoms with Crippen molar-refractivity contribution in [2.75, 3.05) is 13.7 Å². The third-order valence-electron chi connectivity index (χ3n) is 4.85. The summed E-state index contributed by atoms with van der Waals surface area (Å²) in [5.74, 6) is 1.02. The summed E-state index contributed by atoms with van der Waals surface area (Å²) in [6.45, 7) is 6.09. The van der Waals surface area contributed by atoms with Crippen LogP contribution in [0.15, 0.2) is 29.0 Å². The Kier molecular flexibility index (Phi) is 5.32. The molecule has 0 spiro atoms. The van der Waals surface area contributed by atoms with E-state index in [1.165, 1.54) is 0 Å². The van der Waals surface area contributed by atoms with Crippen LogP contribution < -0.4 is 9.47 Å². The lowest BCUT2D eigenvalue weighted by atomic mass is 9.88. The van der Waals surface area contributed by atoms with Crippen molar-refractivity contribution in [3.05, 3.63) is 45.8 Å². The Labute approximate surface area is 174 Å². The molecule has 4 rings (SSSR count). The van der Waals surface area contributed by atoms with E-state index in [-0.39, 0.29) is 12.1 Å². The van der Waals surface area contributed by atoms with Crippen LogP contribution in [-0.4, -0.2) is 35.6 Å². The molecule has 1 aliphatic carbocycles. The van der Waals surface area contributed by atoms with Gasteiger partial charge in [0.1, 0.15) is 0 Å². The largest absolute Gasteiger partial charge is 0.493 e. The highest BCUT2D eigenvalue weighted by atomic mass is 32.1. The summed E-state index contributed by atoms with van der Waals surface area (Å²) in [4.78, 5) is 12.6. The standard InChI is InChI=1S/C22H24N2O4S/c1-5-27-22(25)20-16-7-6-14-10-18(26-4)19(28-13(2)3)11-17(14)21(16)24(23-20)15-8-9-29-12-15/h8-13H,5-7H2,1-4H3. The minimum absolute atomic E-state index is 0.0156. The van der Waals surface area contributed by atoms with E-state index in [4.69, 9.17) is 14.2 Å². The van der Waals surface area contributed by atoms with Crippen molar-refractivity contribution in [2.45, 2.75) is 39.7 Å². The molecule has 2 heterocycles. The summed E-state index contributed by atoms with van der Waals surface area (Å²) < 4.78 is 18.7. The normalized spacial score (nSPS) is 12.4. The van der Waals surface area contributed by atoms with E-state index in [0.717, 1.165) is 34.5 Å². The quantitative estimate of drug-likeness (QED) is 0.551. The number of carbonyl (C=O) groups excluding carboxylic acids is 1. The second kappa shape index (κ2) is 7.91.